The van der Waals surface area contributed by atoms with Crippen LogP contribution >= 0.6 is 0 Å². The summed E-state index contributed by atoms with van der Waals surface area (Å²) in [5, 5.41) is 6.17. The minimum Gasteiger partial charge on any atom is -0.350 e. The molecule has 5 atom stereocenters. The van der Waals surface area contributed by atoms with E-state index in [4.69, 9.17) is 0 Å². The van der Waals surface area contributed by atoms with Crippen LogP contribution in [0.5, 0.6) is 0 Å². The lowest BCUT2D eigenvalue weighted by Crippen LogP contribution is -2.43. The Balaban J connectivity index is 1.16. The molecule has 6 rings (SSSR count). The molecule has 2 amide bonds. The van der Waals surface area contributed by atoms with Gasteiger partial charge < -0.3 is 15.5 Å². The van der Waals surface area contributed by atoms with Gasteiger partial charge in [-0.25, -0.2) is 4.98 Å². The van der Waals surface area contributed by atoms with E-state index in [1.165, 1.54) is 38.5 Å². The number of imidazole rings is 1. The number of likely N-dealkylation sites (N-methyl/N-ethyl adjacent to an activating group) is 1. The number of carbonyl (C=O) groups is 2. The van der Waals surface area contributed by atoms with Gasteiger partial charge in [0.05, 0.1) is 0 Å². The largest absolute Gasteiger partial charge is 0.350 e. The zero-order valence-electron chi connectivity index (χ0n) is 19.1. The van der Waals surface area contributed by atoms with Crippen LogP contribution in [0.15, 0.2) is 24.4 Å². The molecule has 4 aliphatic rings. The van der Waals surface area contributed by atoms with Gasteiger partial charge in [-0.3, -0.25) is 14.0 Å². The molecule has 0 radical (unpaired) electrons. The highest BCUT2D eigenvalue weighted by atomic mass is 16.2. The lowest BCUT2D eigenvalue weighted by molar-refractivity contribution is -0.00254. The number of aromatic nitrogens is 2. The summed E-state index contributed by atoms with van der Waals surface area (Å²) in [4.78, 5) is 32.1. The minimum absolute atomic E-state index is 0.0758. The van der Waals surface area contributed by atoms with Crippen molar-refractivity contribution < 1.29 is 9.59 Å². The van der Waals surface area contributed by atoms with E-state index in [1.54, 1.807) is 10.6 Å². The normalized spacial score (nSPS) is 34.0. The van der Waals surface area contributed by atoms with Gasteiger partial charge in [0.1, 0.15) is 17.0 Å². The van der Waals surface area contributed by atoms with E-state index >= 15 is 0 Å². The topological polar surface area (TPSA) is 78.7 Å². The van der Waals surface area contributed by atoms with E-state index in [-0.39, 0.29) is 11.8 Å². The Labute approximate surface area is 188 Å². The number of rotatable bonds is 7. The van der Waals surface area contributed by atoms with Crippen LogP contribution in [0.2, 0.25) is 0 Å². The molecule has 5 unspecified atom stereocenters. The second-order valence-corrected chi connectivity index (χ2v) is 11.3. The van der Waals surface area contributed by atoms with E-state index in [0.29, 0.717) is 34.4 Å². The van der Waals surface area contributed by atoms with E-state index in [0.717, 1.165) is 30.8 Å². The first-order chi connectivity index (χ1) is 15.4. The van der Waals surface area contributed by atoms with Gasteiger partial charge in [0, 0.05) is 25.8 Å². The maximum absolute atomic E-state index is 13.2. The Morgan fingerprint density at radius 2 is 2.00 bits per heavy atom. The van der Waals surface area contributed by atoms with Crippen molar-refractivity contribution in [1.29, 1.82) is 0 Å². The summed E-state index contributed by atoms with van der Waals surface area (Å²) in [7, 11) is 3.93. The number of nitrogens with zero attached hydrogens (tertiary/aromatic N) is 3. The van der Waals surface area contributed by atoms with Crippen LogP contribution in [0, 0.1) is 28.6 Å². The Kier molecular flexibility index (Phi) is 4.45. The molecule has 0 aliphatic heterocycles. The van der Waals surface area contributed by atoms with Crippen LogP contribution in [0.1, 0.15) is 59.5 Å². The van der Waals surface area contributed by atoms with Crippen molar-refractivity contribution in [1.82, 2.24) is 24.9 Å². The highest BCUT2D eigenvalue weighted by molar-refractivity contribution is 5.95. The first-order valence-corrected chi connectivity index (χ1v) is 12.1. The summed E-state index contributed by atoms with van der Waals surface area (Å²) in [5.74, 6) is 2.47. The predicted octanol–water partition coefficient (Wildman–Crippen LogP) is 2.57. The van der Waals surface area contributed by atoms with Crippen molar-refractivity contribution in [3.63, 3.8) is 0 Å². The van der Waals surface area contributed by atoms with E-state index in [9.17, 15) is 9.59 Å². The molecule has 2 heterocycles. The standard InChI is InChI=1S/C25H33N5O2/c1-29(2)7-6-26-22(31)19-13-30-20(4-3-5-21(30)28-19)23(32)27-15-24-10-16-8-17-9-18(12-24)25(17,11-16)14-24/h3-5,13,16-18H,6-12,14-15H2,1-2H3,(H,26,31)(H,27,32). The third-order valence-corrected chi connectivity index (χ3v) is 9.01. The van der Waals surface area contributed by atoms with Crippen LogP contribution in [-0.2, 0) is 0 Å². The van der Waals surface area contributed by atoms with Gasteiger partial charge in [-0.05, 0) is 93.3 Å². The van der Waals surface area contributed by atoms with E-state index < -0.39 is 0 Å². The number of hydrogen-bond acceptors (Lipinski definition) is 4. The smallest absolute Gasteiger partial charge is 0.271 e. The lowest BCUT2D eigenvalue weighted by atomic mass is 9.55. The quantitative estimate of drug-likeness (QED) is 0.701. The van der Waals surface area contributed by atoms with E-state index in [2.05, 4.69) is 15.6 Å². The van der Waals surface area contributed by atoms with Gasteiger partial charge in [0.25, 0.3) is 11.8 Å². The summed E-state index contributed by atoms with van der Waals surface area (Å²) >= 11 is 0. The van der Waals surface area contributed by atoms with Crippen molar-refractivity contribution in [2.24, 2.45) is 28.6 Å². The number of fused-ring (bicyclic) bond motifs is 3. The summed E-state index contributed by atoms with van der Waals surface area (Å²) in [6.07, 6.45) is 9.89. The van der Waals surface area contributed by atoms with Gasteiger partial charge in [-0.15, -0.1) is 0 Å². The maximum Gasteiger partial charge on any atom is 0.271 e. The van der Waals surface area contributed by atoms with Gasteiger partial charge in [-0.1, -0.05) is 6.07 Å². The van der Waals surface area contributed by atoms with Crippen molar-refractivity contribution in [3.05, 3.63) is 35.8 Å². The summed E-state index contributed by atoms with van der Waals surface area (Å²) in [6.45, 7) is 2.09. The van der Waals surface area contributed by atoms with E-state index in [1.807, 2.05) is 37.2 Å². The van der Waals surface area contributed by atoms with Crippen LogP contribution in [0.4, 0.5) is 0 Å². The molecule has 4 fully saturated rings. The molecule has 2 aromatic heterocycles. The Bertz CT molecular complexity index is 1090. The van der Waals surface area contributed by atoms with Crippen LogP contribution < -0.4 is 10.6 Å². The molecule has 4 aliphatic carbocycles. The average molecular weight is 436 g/mol. The fourth-order valence-electron chi connectivity index (χ4n) is 7.89. The molecule has 0 saturated heterocycles. The van der Waals surface area contributed by atoms with Crippen LogP contribution in [-0.4, -0.2) is 59.8 Å². The molecule has 3 bridgehead atoms. The third kappa shape index (κ3) is 3.00. The highest BCUT2D eigenvalue weighted by Crippen LogP contribution is 2.78. The number of amides is 2. The Morgan fingerprint density at radius 3 is 2.84 bits per heavy atom. The molecule has 1 spiro atoms. The fraction of sp³-hybridized carbons (Fsp3) is 0.640. The second kappa shape index (κ2) is 7.04. The number of nitrogens with one attached hydrogen (secondary N) is 2. The third-order valence-electron chi connectivity index (χ3n) is 9.01. The predicted molar refractivity (Wildman–Crippen MR) is 121 cm³/mol. The number of hydrogen-bond donors (Lipinski definition) is 2. The maximum atomic E-state index is 13.2. The fourth-order valence-corrected chi connectivity index (χ4v) is 7.89. The van der Waals surface area contributed by atoms with Crippen molar-refractivity contribution >= 4 is 17.5 Å². The summed E-state index contributed by atoms with van der Waals surface area (Å²) in [6, 6.07) is 5.48. The molecule has 4 saturated carbocycles. The molecule has 7 nitrogen and oxygen atoms in total. The van der Waals surface area contributed by atoms with Gasteiger partial charge in [0.15, 0.2) is 0 Å². The molecule has 2 aromatic rings. The first-order valence-electron chi connectivity index (χ1n) is 12.1. The second-order valence-electron chi connectivity index (χ2n) is 11.3. The molecular formula is C25H33N5O2. The van der Waals surface area contributed by atoms with Crippen LogP contribution in [0.25, 0.3) is 5.65 Å². The zero-order chi connectivity index (χ0) is 22.1. The zero-order valence-corrected chi connectivity index (χ0v) is 19.1. The molecule has 2 N–H and O–H groups in total. The van der Waals surface area contributed by atoms with Gasteiger partial charge in [-0.2, -0.15) is 0 Å². The molecule has 170 valence electrons. The number of carbonyl (C=O) groups excluding carboxylic acids is 2. The molecule has 0 aromatic carbocycles. The van der Waals surface area contributed by atoms with Crippen molar-refractivity contribution in [2.45, 2.75) is 38.5 Å². The molecular weight excluding hydrogens is 402 g/mol. The molecule has 32 heavy (non-hydrogen) atoms. The SMILES string of the molecule is CN(C)CCNC(=O)c1cn2c(C(=O)NCC34CC5CC6CC(C3)C6(C5)C4)cccc2n1. The Morgan fingerprint density at radius 1 is 1.12 bits per heavy atom. The van der Waals surface area contributed by atoms with Gasteiger partial charge >= 0.3 is 0 Å². The number of pyridine rings is 1. The summed E-state index contributed by atoms with van der Waals surface area (Å²) < 4.78 is 1.74. The Hall–Kier alpha value is -2.41. The minimum atomic E-state index is -0.214. The summed E-state index contributed by atoms with van der Waals surface area (Å²) in [5.41, 5.74) is 2.42. The monoisotopic (exact) mass is 435 g/mol. The lowest BCUT2D eigenvalue weighted by Gasteiger charge is -2.49. The highest BCUT2D eigenvalue weighted by Gasteiger charge is 2.70. The van der Waals surface area contributed by atoms with Crippen LogP contribution in [0.3, 0.4) is 0 Å². The van der Waals surface area contributed by atoms with Gasteiger partial charge in [0.2, 0.25) is 0 Å². The average Bonchev–Trinajstić information content (AvgIpc) is 3.33. The molecule has 7 heteroatoms. The van der Waals surface area contributed by atoms with Crippen molar-refractivity contribution in [2.75, 3.05) is 33.7 Å². The van der Waals surface area contributed by atoms with Crippen molar-refractivity contribution in [3.8, 4) is 0 Å². The first kappa shape index (κ1) is 20.2.